The molecule has 6 nitrogen and oxygen atoms in total. The molecule has 0 bridgehead atoms. The van der Waals surface area contributed by atoms with Gasteiger partial charge < -0.3 is 14.8 Å². The summed E-state index contributed by atoms with van der Waals surface area (Å²) in [7, 11) is 0. The van der Waals surface area contributed by atoms with Crippen LogP contribution in [0, 0.1) is 0 Å². The maximum Gasteiger partial charge on any atom is 0.411 e. The topological polar surface area (TPSA) is 76.7 Å². The zero-order chi connectivity index (χ0) is 18.8. The number of anilines is 1. The summed E-state index contributed by atoms with van der Waals surface area (Å²) in [4.78, 5) is 23.2. The molecule has 7 heteroatoms. The van der Waals surface area contributed by atoms with Gasteiger partial charge in [-0.3, -0.25) is 5.32 Å². The molecule has 0 aliphatic carbocycles. The van der Waals surface area contributed by atoms with Gasteiger partial charge in [0, 0.05) is 17.3 Å². The molecular formula is C19H21ClN2O4. The fraction of sp³-hybridized carbons (Fsp3) is 0.263. The fourth-order valence-electron chi connectivity index (χ4n) is 2.11. The zero-order valence-electron chi connectivity index (χ0n) is 14.5. The van der Waals surface area contributed by atoms with Crippen molar-refractivity contribution in [1.82, 2.24) is 5.32 Å². The summed E-state index contributed by atoms with van der Waals surface area (Å²) >= 11 is 6.00. The predicted molar refractivity (Wildman–Crippen MR) is 100 cm³/mol. The molecule has 0 aromatic heterocycles. The van der Waals surface area contributed by atoms with Crippen LogP contribution < -0.4 is 10.6 Å². The van der Waals surface area contributed by atoms with E-state index in [1.165, 1.54) is 5.56 Å². The minimum atomic E-state index is -0.607. The van der Waals surface area contributed by atoms with Gasteiger partial charge in [0.05, 0.1) is 0 Å². The van der Waals surface area contributed by atoms with Crippen molar-refractivity contribution < 1.29 is 19.1 Å². The van der Waals surface area contributed by atoms with Crippen molar-refractivity contribution in [2.24, 2.45) is 0 Å². The fourth-order valence-corrected chi connectivity index (χ4v) is 2.31. The van der Waals surface area contributed by atoms with E-state index >= 15 is 0 Å². The van der Waals surface area contributed by atoms with E-state index in [0.29, 0.717) is 10.7 Å². The number of alkyl carbamates (subject to hydrolysis) is 1. The highest BCUT2D eigenvalue weighted by molar-refractivity contribution is 6.31. The number of aryl methyl sites for hydroxylation is 1. The Bertz CT molecular complexity index is 735. The first-order valence-electron chi connectivity index (χ1n) is 8.25. The monoisotopic (exact) mass is 376 g/mol. The number of halogens is 1. The second-order valence-corrected chi connectivity index (χ2v) is 5.80. The van der Waals surface area contributed by atoms with E-state index in [4.69, 9.17) is 21.1 Å². The highest BCUT2D eigenvalue weighted by Gasteiger charge is 2.06. The SMILES string of the molecule is CCc1ccc(NC(=O)OCCOC(=O)NCc2ccccc2Cl)cc1. The number of benzene rings is 2. The Hall–Kier alpha value is -2.73. The minimum Gasteiger partial charge on any atom is -0.446 e. The number of amides is 2. The number of rotatable bonds is 7. The molecular weight excluding hydrogens is 356 g/mol. The van der Waals surface area contributed by atoms with Gasteiger partial charge in [0.2, 0.25) is 0 Å². The molecule has 26 heavy (non-hydrogen) atoms. The van der Waals surface area contributed by atoms with Crippen molar-refractivity contribution >= 4 is 29.5 Å². The van der Waals surface area contributed by atoms with Crippen LogP contribution in [0.1, 0.15) is 18.1 Å². The summed E-state index contributed by atoms with van der Waals surface area (Å²) < 4.78 is 9.90. The molecule has 2 aromatic rings. The van der Waals surface area contributed by atoms with E-state index in [-0.39, 0.29) is 19.8 Å². The summed E-state index contributed by atoms with van der Waals surface area (Å²) in [6.07, 6.45) is -0.279. The average molecular weight is 377 g/mol. The maximum atomic E-state index is 11.7. The van der Waals surface area contributed by atoms with Crippen LogP contribution in [0.25, 0.3) is 0 Å². The van der Waals surface area contributed by atoms with Gasteiger partial charge in [-0.2, -0.15) is 0 Å². The van der Waals surface area contributed by atoms with Crippen molar-refractivity contribution in [1.29, 1.82) is 0 Å². The lowest BCUT2D eigenvalue weighted by molar-refractivity contribution is 0.102. The maximum absolute atomic E-state index is 11.7. The number of hydrogen-bond donors (Lipinski definition) is 2. The highest BCUT2D eigenvalue weighted by Crippen LogP contribution is 2.14. The van der Waals surface area contributed by atoms with Crippen molar-refractivity contribution in [3.8, 4) is 0 Å². The first-order chi connectivity index (χ1) is 12.6. The Balaban J connectivity index is 1.60. The summed E-state index contributed by atoms with van der Waals surface area (Å²) in [5, 5.41) is 5.75. The van der Waals surface area contributed by atoms with E-state index in [9.17, 15) is 9.59 Å². The van der Waals surface area contributed by atoms with Crippen LogP contribution in [0.3, 0.4) is 0 Å². The van der Waals surface area contributed by atoms with E-state index in [1.807, 2.05) is 30.3 Å². The molecule has 2 rings (SSSR count). The lowest BCUT2D eigenvalue weighted by Crippen LogP contribution is -2.26. The van der Waals surface area contributed by atoms with Gasteiger partial charge in [-0.05, 0) is 35.7 Å². The van der Waals surface area contributed by atoms with Crippen LogP contribution in [0.15, 0.2) is 48.5 Å². The molecule has 0 aliphatic rings. The molecule has 0 saturated carbocycles. The molecule has 0 fully saturated rings. The molecule has 0 aliphatic heterocycles. The Morgan fingerprint density at radius 1 is 0.962 bits per heavy atom. The molecule has 0 unspecified atom stereocenters. The van der Waals surface area contributed by atoms with Gasteiger partial charge in [-0.15, -0.1) is 0 Å². The quantitative estimate of drug-likeness (QED) is 0.703. The molecule has 138 valence electrons. The van der Waals surface area contributed by atoms with Crippen molar-refractivity contribution in [2.75, 3.05) is 18.5 Å². The second-order valence-electron chi connectivity index (χ2n) is 5.39. The summed E-state index contributed by atoms with van der Waals surface area (Å²) in [5.74, 6) is 0. The minimum absolute atomic E-state index is 0.0433. The predicted octanol–water partition coefficient (Wildman–Crippen LogP) is 4.38. The Kier molecular flexibility index (Phi) is 7.76. The van der Waals surface area contributed by atoms with Gasteiger partial charge in [-0.1, -0.05) is 48.9 Å². The first kappa shape index (κ1) is 19.6. The van der Waals surface area contributed by atoms with Crippen LogP contribution in [0.5, 0.6) is 0 Å². The number of carbonyl (C=O) groups excluding carboxylic acids is 2. The van der Waals surface area contributed by atoms with Gasteiger partial charge in [0.1, 0.15) is 13.2 Å². The standard InChI is InChI=1S/C19H21ClN2O4/c1-2-14-7-9-16(10-8-14)22-19(24)26-12-11-25-18(23)21-13-15-5-3-4-6-17(15)20/h3-10H,2,11-13H2,1H3,(H,21,23)(H,22,24). The lowest BCUT2D eigenvalue weighted by Gasteiger charge is -2.09. The van der Waals surface area contributed by atoms with Crippen LogP contribution >= 0.6 is 11.6 Å². The number of carbonyl (C=O) groups is 2. The van der Waals surface area contributed by atoms with Crippen LogP contribution in [-0.4, -0.2) is 25.4 Å². The Morgan fingerprint density at radius 3 is 2.27 bits per heavy atom. The molecule has 0 heterocycles. The van der Waals surface area contributed by atoms with Crippen molar-refractivity contribution in [3.63, 3.8) is 0 Å². The van der Waals surface area contributed by atoms with Crippen LogP contribution in [0.4, 0.5) is 15.3 Å². The highest BCUT2D eigenvalue weighted by atomic mass is 35.5. The molecule has 0 radical (unpaired) electrons. The summed E-state index contributed by atoms with van der Waals surface area (Å²) in [5.41, 5.74) is 2.61. The normalized spacial score (nSPS) is 10.1. The van der Waals surface area contributed by atoms with E-state index in [0.717, 1.165) is 12.0 Å². The third-order valence-electron chi connectivity index (χ3n) is 3.54. The smallest absolute Gasteiger partial charge is 0.411 e. The largest absolute Gasteiger partial charge is 0.446 e. The van der Waals surface area contributed by atoms with Crippen molar-refractivity contribution in [3.05, 3.63) is 64.7 Å². The summed E-state index contributed by atoms with van der Waals surface area (Å²) in [6.45, 7) is 2.23. The lowest BCUT2D eigenvalue weighted by atomic mass is 10.1. The van der Waals surface area contributed by atoms with Gasteiger partial charge in [0.15, 0.2) is 0 Å². The molecule has 2 N–H and O–H groups in total. The molecule has 0 atom stereocenters. The molecule has 0 saturated heterocycles. The van der Waals surface area contributed by atoms with E-state index in [1.54, 1.807) is 18.2 Å². The zero-order valence-corrected chi connectivity index (χ0v) is 15.2. The third-order valence-corrected chi connectivity index (χ3v) is 3.91. The van der Waals surface area contributed by atoms with E-state index < -0.39 is 12.2 Å². The number of ether oxygens (including phenoxy) is 2. The van der Waals surface area contributed by atoms with Gasteiger partial charge in [0.25, 0.3) is 0 Å². The molecule has 2 amide bonds. The van der Waals surface area contributed by atoms with E-state index in [2.05, 4.69) is 17.6 Å². The first-order valence-corrected chi connectivity index (χ1v) is 8.63. The third kappa shape index (κ3) is 6.64. The number of nitrogens with one attached hydrogen (secondary N) is 2. The van der Waals surface area contributed by atoms with Gasteiger partial charge >= 0.3 is 12.2 Å². The van der Waals surface area contributed by atoms with Gasteiger partial charge in [-0.25, -0.2) is 9.59 Å². The Morgan fingerprint density at radius 2 is 1.62 bits per heavy atom. The average Bonchev–Trinajstić information content (AvgIpc) is 2.65. The van der Waals surface area contributed by atoms with Crippen LogP contribution in [0.2, 0.25) is 5.02 Å². The molecule has 0 spiro atoms. The number of hydrogen-bond acceptors (Lipinski definition) is 4. The second kappa shape index (κ2) is 10.3. The van der Waals surface area contributed by atoms with Crippen LogP contribution in [-0.2, 0) is 22.4 Å². The molecule has 2 aromatic carbocycles. The van der Waals surface area contributed by atoms with Crippen molar-refractivity contribution in [2.45, 2.75) is 19.9 Å². The summed E-state index contributed by atoms with van der Waals surface area (Å²) in [6, 6.07) is 14.7. The Labute approximate surface area is 157 Å².